The summed E-state index contributed by atoms with van der Waals surface area (Å²) in [7, 11) is -3.04. The number of amides is 1. The van der Waals surface area contributed by atoms with Gasteiger partial charge in [0.05, 0.1) is 29.6 Å². The van der Waals surface area contributed by atoms with Crippen LogP contribution < -0.4 is 5.32 Å². The van der Waals surface area contributed by atoms with E-state index >= 15 is 0 Å². The molecule has 0 saturated carbocycles. The Morgan fingerprint density at radius 1 is 1.40 bits per heavy atom. The van der Waals surface area contributed by atoms with Crippen LogP contribution >= 0.6 is 11.6 Å². The Labute approximate surface area is 180 Å². The largest absolute Gasteiger partial charge is 0.323 e. The molecule has 30 heavy (non-hydrogen) atoms. The van der Waals surface area contributed by atoms with Crippen molar-refractivity contribution in [3.63, 3.8) is 0 Å². The second-order valence-corrected chi connectivity index (χ2v) is 11.1. The SMILES string of the molecule is CC1CC2(CCN1Cc1cnn(CCS(C)(=O)=O)c1)C(=O)Nc1c(F)cc(Cl)cc12. The van der Waals surface area contributed by atoms with E-state index in [-0.39, 0.29) is 23.4 Å². The van der Waals surface area contributed by atoms with Gasteiger partial charge in [0.2, 0.25) is 5.91 Å². The molecule has 10 heteroatoms. The smallest absolute Gasteiger partial charge is 0.235 e. The molecule has 1 aromatic heterocycles. The lowest BCUT2D eigenvalue weighted by atomic mass is 9.71. The Hall–Kier alpha value is -1.97. The molecule has 0 radical (unpaired) electrons. The lowest BCUT2D eigenvalue weighted by molar-refractivity contribution is -0.123. The van der Waals surface area contributed by atoms with E-state index in [0.717, 1.165) is 5.56 Å². The summed E-state index contributed by atoms with van der Waals surface area (Å²) in [6, 6.07) is 3.00. The third kappa shape index (κ3) is 3.98. The maximum absolute atomic E-state index is 14.3. The maximum atomic E-state index is 14.3. The summed E-state index contributed by atoms with van der Waals surface area (Å²) in [4.78, 5) is 15.1. The first-order valence-electron chi connectivity index (χ1n) is 9.81. The summed E-state index contributed by atoms with van der Waals surface area (Å²) < 4.78 is 38.6. The maximum Gasteiger partial charge on any atom is 0.235 e. The van der Waals surface area contributed by atoms with Crippen molar-refractivity contribution in [1.82, 2.24) is 14.7 Å². The average molecular weight is 455 g/mol. The Bertz CT molecular complexity index is 1100. The van der Waals surface area contributed by atoms with Crippen molar-refractivity contribution in [2.24, 2.45) is 0 Å². The number of likely N-dealkylation sites (tertiary alicyclic amines) is 1. The number of fused-ring (bicyclic) bond motifs is 2. The first kappa shape index (κ1) is 21.3. The number of carbonyl (C=O) groups is 1. The van der Waals surface area contributed by atoms with Crippen molar-refractivity contribution in [2.75, 3.05) is 23.9 Å². The summed E-state index contributed by atoms with van der Waals surface area (Å²) in [5, 5.41) is 7.25. The van der Waals surface area contributed by atoms with Crippen molar-refractivity contribution in [1.29, 1.82) is 0 Å². The van der Waals surface area contributed by atoms with Crippen molar-refractivity contribution in [3.8, 4) is 0 Å². The Kier molecular flexibility index (Phi) is 5.40. The van der Waals surface area contributed by atoms with Crippen LogP contribution in [0.2, 0.25) is 5.02 Å². The zero-order valence-corrected chi connectivity index (χ0v) is 18.4. The van der Waals surface area contributed by atoms with E-state index in [0.29, 0.717) is 43.1 Å². The molecule has 1 fully saturated rings. The number of aromatic nitrogens is 2. The topological polar surface area (TPSA) is 84.3 Å². The summed E-state index contributed by atoms with van der Waals surface area (Å²) in [5.74, 6) is -0.622. The van der Waals surface area contributed by atoms with E-state index in [1.165, 1.54) is 12.3 Å². The summed E-state index contributed by atoms with van der Waals surface area (Å²) >= 11 is 6.07. The second kappa shape index (κ2) is 7.62. The van der Waals surface area contributed by atoms with Gasteiger partial charge >= 0.3 is 0 Å². The van der Waals surface area contributed by atoms with E-state index in [1.54, 1.807) is 16.9 Å². The number of nitrogens with zero attached hydrogens (tertiary/aromatic N) is 3. The van der Waals surface area contributed by atoms with Crippen molar-refractivity contribution in [2.45, 2.75) is 44.3 Å². The number of piperidine rings is 1. The number of rotatable bonds is 5. The summed E-state index contributed by atoms with van der Waals surface area (Å²) in [5.41, 5.74) is 1.11. The van der Waals surface area contributed by atoms with Gasteiger partial charge in [-0.25, -0.2) is 12.8 Å². The summed E-state index contributed by atoms with van der Waals surface area (Å²) in [6.07, 6.45) is 5.94. The van der Waals surface area contributed by atoms with Gasteiger partial charge in [-0.15, -0.1) is 0 Å². The number of aryl methyl sites for hydroxylation is 1. The predicted molar refractivity (Wildman–Crippen MR) is 113 cm³/mol. The standard InChI is InChI=1S/C20H24ClFN4O3S/c1-13-9-20(16-7-15(21)8-17(22)18(16)24-19(20)27)3-4-25(13)11-14-10-23-26(12-14)5-6-30(2,28)29/h7-8,10,12-13H,3-6,9,11H2,1-2H3,(H,24,27). The Balaban J connectivity index is 1.47. The third-order valence-corrected chi connectivity index (χ3v) is 7.24. The zero-order chi connectivity index (χ0) is 21.7. The lowest BCUT2D eigenvalue weighted by Crippen LogP contribution is -2.50. The first-order chi connectivity index (χ1) is 14.1. The molecule has 3 heterocycles. The van der Waals surface area contributed by atoms with E-state index in [1.807, 2.05) is 6.20 Å². The molecule has 162 valence electrons. The number of hydrogen-bond acceptors (Lipinski definition) is 5. The van der Waals surface area contributed by atoms with E-state index in [2.05, 4.69) is 22.2 Å². The molecule has 2 atom stereocenters. The molecule has 2 aliphatic heterocycles. The molecule has 2 aliphatic rings. The number of halogens is 2. The lowest BCUT2D eigenvalue weighted by Gasteiger charge is -2.42. The fourth-order valence-corrected chi connectivity index (χ4v) is 5.24. The van der Waals surface area contributed by atoms with Crippen molar-refractivity contribution >= 4 is 33.0 Å². The molecule has 2 aromatic rings. The third-order valence-electron chi connectivity index (χ3n) is 6.10. The normalized spacial score (nSPS) is 24.3. The van der Waals surface area contributed by atoms with Gasteiger partial charge in [-0.3, -0.25) is 14.4 Å². The van der Waals surface area contributed by atoms with E-state index in [4.69, 9.17) is 11.6 Å². The quantitative estimate of drug-likeness (QED) is 0.750. The Morgan fingerprint density at radius 3 is 2.87 bits per heavy atom. The molecule has 7 nitrogen and oxygen atoms in total. The molecule has 1 spiro atoms. The van der Waals surface area contributed by atoms with Crippen LogP contribution in [0.5, 0.6) is 0 Å². The van der Waals surface area contributed by atoms with Gasteiger partial charge in [0.15, 0.2) is 0 Å². The van der Waals surface area contributed by atoms with E-state index in [9.17, 15) is 17.6 Å². The highest BCUT2D eigenvalue weighted by molar-refractivity contribution is 7.90. The fraction of sp³-hybridized carbons (Fsp3) is 0.500. The summed E-state index contributed by atoms with van der Waals surface area (Å²) in [6.45, 7) is 3.69. The first-order valence-corrected chi connectivity index (χ1v) is 12.3. The minimum atomic E-state index is -3.04. The second-order valence-electron chi connectivity index (χ2n) is 8.36. The minimum absolute atomic E-state index is 0.0460. The van der Waals surface area contributed by atoms with Gasteiger partial charge < -0.3 is 5.32 Å². The highest BCUT2D eigenvalue weighted by atomic mass is 35.5. The molecule has 1 saturated heterocycles. The molecule has 2 unspecified atom stereocenters. The van der Waals surface area contributed by atoms with Crippen LogP contribution in [-0.2, 0) is 33.1 Å². The minimum Gasteiger partial charge on any atom is -0.323 e. The molecule has 4 rings (SSSR count). The van der Waals surface area contributed by atoms with Gasteiger partial charge in [-0.1, -0.05) is 11.6 Å². The van der Waals surface area contributed by atoms with Crippen molar-refractivity contribution in [3.05, 3.63) is 46.5 Å². The molecular weight excluding hydrogens is 431 g/mol. The van der Waals surface area contributed by atoms with Crippen LogP contribution in [-0.4, -0.2) is 53.6 Å². The van der Waals surface area contributed by atoms with Crippen LogP contribution in [0.3, 0.4) is 0 Å². The molecule has 1 N–H and O–H groups in total. The zero-order valence-electron chi connectivity index (χ0n) is 16.9. The van der Waals surface area contributed by atoms with Crippen LogP contribution in [0, 0.1) is 5.82 Å². The molecule has 1 amide bonds. The number of anilines is 1. The van der Waals surface area contributed by atoms with Crippen LogP contribution in [0.25, 0.3) is 0 Å². The van der Waals surface area contributed by atoms with Gasteiger partial charge in [-0.05, 0) is 37.5 Å². The van der Waals surface area contributed by atoms with Gasteiger partial charge in [0.1, 0.15) is 15.7 Å². The predicted octanol–water partition coefficient (Wildman–Crippen LogP) is 2.59. The van der Waals surface area contributed by atoms with Gasteiger partial charge in [-0.2, -0.15) is 5.10 Å². The van der Waals surface area contributed by atoms with Crippen molar-refractivity contribution < 1.29 is 17.6 Å². The van der Waals surface area contributed by atoms with Crippen LogP contribution in [0.4, 0.5) is 10.1 Å². The highest BCUT2D eigenvalue weighted by Gasteiger charge is 2.51. The number of sulfone groups is 1. The number of nitrogens with one attached hydrogen (secondary N) is 1. The molecule has 0 bridgehead atoms. The van der Waals surface area contributed by atoms with Gasteiger partial charge in [0, 0.05) is 42.2 Å². The molecule has 0 aliphatic carbocycles. The highest BCUT2D eigenvalue weighted by Crippen LogP contribution is 2.48. The average Bonchev–Trinajstić information content (AvgIpc) is 3.20. The monoisotopic (exact) mass is 454 g/mol. The number of hydrogen-bond donors (Lipinski definition) is 1. The molecule has 1 aromatic carbocycles. The Morgan fingerprint density at radius 2 is 2.17 bits per heavy atom. The van der Waals surface area contributed by atoms with Crippen LogP contribution in [0.15, 0.2) is 24.5 Å². The molecular formula is C20H24ClFN4O3S. The van der Waals surface area contributed by atoms with Crippen LogP contribution in [0.1, 0.15) is 30.9 Å². The van der Waals surface area contributed by atoms with Gasteiger partial charge in [0.25, 0.3) is 0 Å². The fourth-order valence-electron chi connectivity index (χ4n) is 4.51. The number of carbonyl (C=O) groups excluding carboxylic acids is 1. The number of benzene rings is 1. The van der Waals surface area contributed by atoms with E-state index < -0.39 is 21.1 Å².